The molecule has 2 aromatic rings. The van der Waals surface area contributed by atoms with E-state index in [1.807, 2.05) is 12.2 Å². The zero-order chi connectivity index (χ0) is 14.5. The first-order valence-corrected chi connectivity index (χ1v) is 5.91. The number of rotatable bonds is 4. The Morgan fingerprint density at radius 3 is 1.24 bits per heavy atom. The van der Waals surface area contributed by atoms with Gasteiger partial charge < -0.3 is 11.6 Å². The molecule has 0 spiro atoms. The summed E-state index contributed by atoms with van der Waals surface area (Å²) in [4.78, 5) is 21.4. The molecule has 0 saturated heterocycles. The first-order valence-electron chi connectivity index (χ1n) is 5.91. The van der Waals surface area contributed by atoms with Crippen molar-refractivity contribution in [3.05, 3.63) is 70.8 Å². The molecule has 21 heavy (non-hydrogen) atoms. The molecule has 2 rings (SSSR count). The molecule has 0 atom stereocenters. The average Bonchev–Trinajstić information content (AvgIpc) is 2.46. The van der Waals surface area contributed by atoms with Crippen LogP contribution in [0.3, 0.4) is 0 Å². The Hall–Kier alpha value is -1.88. The van der Waals surface area contributed by atoms with E-state index in [0.29, 0.717) is 0 Å². The standard InChI is InChI=1S/C16H12O4.Na.H/c17-15(18)13-7-3-11(4-8-13)1-2-12-5-9-14(10-6-12)16(19)20;;/h1-10H,(H,17,18)(H,19,20);;/q;+1;-1. The summed E-state index contributed by atoms with van der Waals surface area (Å²) in [5.41, 5.74) is 2.23. The van der Waals surface area contributed by atoms with Gasteiger partial charge in [-0.15, -0.1) is 0 Å². The zero-order valence-electron chi connectivity index (χ0n) is 12.5. The zero-order valence-corrected chi connectivity index (χ0v) is 13.5. The maximum Gasteiger partial charge on any atom is 1.00 e. The van der Waals surface area contributed by atoms with E-state index in [4.69, 9.17) is 10.2 Å². The summed E-state index contributed by atoms with van der Waals surface area (Å²) in [6, 6.07) is 13.0. The molecule has 0 heterocycles. The van der Waals surface area contributed by atoms with Crippen molar-refractivity contribution in [3.8, 4) is 0 Å². The van der Waals surface area contributed by atoms with E-state index in [0.717, 1.165) is 11.1 Å². The molecular formula is C16H13NaO4. The van der Waals surface area contributed by atoms with Crippen LogP contribution in [0.15, 0.2) is 48.5 Å². The van der Waals surface area contributed by atoms with E-state index in [1.54, 1.807) is 24.3 Å². The molecule has 2 N–H and O–H groups in total. The largest absolute Gasteiger partial charge is 1.00 e. The van der Waals surface area contributed by atoms with Crippen LogP contribution in [0.25, 0.3) is 12.2 Å². The molecule has 0 aliphatic carbocycles. The minimum Gasteiger partial charge on any atom is -1.00 e. The van der Waals surface area contributed by atoms with Crippen LogP contribution < -0.4 is 29.6 Å². The van der Waals surface area contributed by atoms with E-state index < -0.39 is 11.9 Å². The fourth-order valence-electron chi connectivity index (χ4n) is 1.67. The van der Waals surface area contributed by atoms with Gasteiger partial charge in [-0.05, 0) is 35.4 Å². The van der Waals surface area contributed by atoms with Gasteiger partial charge in [0, 0.05) is 0 Å². The summed E-state index contributed by atoms with van der Waals surface area (Å²) >= 11 is 0. The molecule has 0 radical (unpaired) electrons. The molecule has 0 saturated carbocycles. The maximum absolute atomic E-state index is 10.7. The number of benzene rings is 2. The SMILES string of the molecule is O=C(O)c1ccc(C=Cc2ccc(C(=O)O)cc2)cc1.[H-].[Na+]. The van der Waals surface area contributed by atoms with Crippen molar-refractivity contribution in [3.63, 3.8) is 0 Å². The Morgan fingerprint density at radius 2 is 1.00 bits per heavy atom. The molecule has 0 unspecified atom stereocenters. The summed E-state index contributed by atoms with van der Waals surface area (Å²) in [5, 5.41) is 17.6. The van der Waals surface area contributed by atoms with Crippen molar-refractivity contribution in [1.29, 1.82) is 0 Å². The first kappa shape index (κ1) is 17.2. The van der Waals surface area contributed by atoms with Gasteiger partial charge in [0.25, 0.3) is 0 Å². The smallest absolute Gasteiger partial charge is 1.00 e. The number of hydrogen-bond donors (Lipinski definition) is 2. The van der Waals surface area contributed by atoms with E-state index in [2.05, 4.69) is 0 Å². The normalized spacial score (nSPS) is 10.1. The van der Waals surface area contributed by atoms with E-state index in [-0.39, 0.29) is 42.1 Å². The third kappa shape index (κ3) is 4.86. The van der Waals surface area contributed by atoms with Gasteiger partial charge in [-0.25, -0.2) is 9.59 Å². The molecule has 0 aromatic heterocycles. The van der Waals surface area contributed by atoms with Crippen molar-refractivity contribution in [1.82, 2.24) is 0 Å². The molecule has 0 bridgehead atoms. The molecule has 4 nitrogen and oxygen atoms in total. The Bertz CT molecular complexity index is 604. The van der Waals surface area contributed by atoms with Gasteiger partial charge in [0.15, 0.2) is 0 Å². The minimum atomic E-state index is -0.954. The van der Waals surface area contributed by atoms with Crippen molar-refractivity contribution < 1.29 is 50.8 Å². The second-order valence-corrected chi connectivity index (χ2v) is 4.19. The monoisotopic (exact) mass is 292 g/mol. The number of carboxylic acids is 2. The van der Waals surface area contributed by atoms with Gasteiger partial charge in [0.2, 0.25) is 0 Å². The van der Waals surface area contributed by atoms with Crippen LogP contribution in [0.5, 0.6) is 0 Å². The number of carboxylic acid groups (broad SMARTS) is 2. The summed E-state index contributed by atoms with van der Waals surface area (Å²) in [6.45, 7) is 0. The minimum absolute atomic E-state index is 0. The molecule has 5 heteroatoms. The molecule has 0 amide bonds. The second-order valence-electron chi connectivity index (χ2n) is 4.19. The molecule has 0 aliphatic rings. The maximum atomic E-state index is 10.7. The fourth-order valence-corrected chi connectivity index (χ4v) is 1.67. The van der Waals surface area contributed by atoms with Crippen molar-refractivity contribution >= 4 is 24.1 Å². The number of carbonyl (C=O) groups is 2. The topological polar surface area (TPSA) is 74.6 Å². The van der Waals surface area contributed by atoms with Gasteiger partial charge in [-0.3, -0.25) is 0 Å². The quantitative estimate of drug-likeness (QED) is 0.631. The fraction of sp³-hybridized carbons (Fsp3) is 0. The van der Waals surface area contributed by atoms with Gasteiger partial charge in [0.05, 0.1) is 11.1 Å². The van der Waals surface area contributed by atoms with Gasteiger partial charge in [-0.1, -0.05) is 36.4 Å². The third-order valence-electron chi connectivity index (χ3n) is 2.78. The molecule has 102 valence electrons. The summed E-state index contributed by atoms with van der Waals surface area (Å²) < 4.78 is 0. The molecular weight excluding hydrogens is 279 g/mol. The van der Waals surface area contributed by atoms with Gasteiger partial charge >= 0.3 is 41.5 Å². The Labute approximate surface area is 145 Å². The van der Waals surface area contributed by atoms with Gasteiger partial charge in [-0.2, -0.15) is 0 Å². The van der Waals surface area contributed by atoms with E-state index in [9.17, 15) is 9.59 Å². The van der Waals surface area contributed by atoms with Crippen LogP contribution in [0.4, 0.5) is 0 Å². The van der Waals surface area contributed by atoms with Crippen LogP contribution in [0.1, 0.15) is 33.3 Å². The number of aromatic carboxylic acids is 2. The van der Waals surface area contributed by atoms with Crippen LogP contribution >= 0.6 is 0 Å². The van der Waals surface area contributed by atoms with Crippen molar-refractivity contribution in [2.24, 2.45) is 0 Å². The third-order valence-corrected chi connectivity index (χ3v) is 2.78. The Morgan fingerprint density at radius 1 is 0.714 bits per heavy atom. The molecule has 0 aliphatic heterocycles. The molecule has 0 fully saturated rings. The van der Waals surface area contributed by atoms with Crippen molar-refractivity contribution in [2.75, 3.05) is 0 Å². The Kier molecular flexibility index (Phi) is 6.37. The van der Waals surface area contributed by atoms with Gasteiger partial charge in [0.1, 0.15) is 0 Å². The summed E-state index contributed by atoms with van der Waals surface area (Å²) in [6.07, 6.45) is 3.67. The summed E-state index contributed by atoms with van der Waals surface area (Å²) in [7, 11) is 0. The number of hydrogen-bond acceptors (Lipinski definition) is 2. The van der Waals surface area contributed by atoms with Crippen LogP contribution in [-0.4, -0.2) is 22.2 Å². The first-order chi connectivity index (χ1) is 9.56. The predicted octanol–water partition coefficient (Wildman–Crippen LogP) is 0.370. The Balaban J connectivity index is 0.00000220. The molecule has 2 aromatic carbocycles. The van der Waals surface area contributed by atoms with E-state index in [1.165, 1.54) is 24.3 Å². The predicted molar refractivity (Wildman–Crippen MR) is 76.8 cm³/mol. The van der Waals surface area contributed by atoms with Crippen molar-refractivity contribution in [2.45, 2.75) is 0 Å². The van der Waals surface area contributed by atoms with E-state index >= 15 is 0 Å². The second kappa shape index (κ2) is 7.78. The average molecular weight is 292 g/mol. The summed E-state index contributed by atoms with van der Waals surface area (Å²) in [5.74, 6) is -1.91. The van der Waals surface area contributed by atoms with Crippen LogP contribution in [0.2, 0.25) is 0 Å². The van der Waals surface area contributed by atoms with Crippen LogP contribution in [0, 0.1) is 0 Å². The van der Waals surface area contributed by atoms with Crippen LogP contribution in [-0.2, 0) is 0 Å².